The first kappa shape index (κ1) is 36.1. The summed E-state index contributed by atoms with van der Waals surface area (Å²) in [5, 5.41) is 15.5. The second-order valence-electron chi connectivity index (χ2n) is 16.6. The van der Waals surface area contributed by atoms with Crippen LogP contribution in [0.25, 0.3) is 129 Å². The Morgan fingerprint density at radius 1 is 0.206 bits per heavy atom. The third-order valence-electron chi connectivity index (χ3n) is 13.3. The first-order valence-corrected chi connectivity index (χ1v) is 23.5. The Balaban J connectivity index is 1.08. The van der Waals surface area contributed by atoms with Crippen molar-refractivity contribution in [2.45, 2.75) is 0 Å². The number of hydrogen-bond acceptors (Lipinski definition) is 0. The van der Waals surface area contributed by atoms with Gasteiger partial charge in [0.25, 0.3) is 0 Å². The van der Waals surface area contributed by atoms with E-state index in [0.29, 0.717) is 0 Å². The van der Waals surface area contributed by atoms with Crippen molar-refractivity contribution in [1.82, 2.24) is 0 Å². The van der Waals surface area contributed by atoms with Crippen LogP contribution in [0.3, 0.4) is 0 Å². The molecule has 0 bridgehead atoms. The molecule has 13 aromatic rings. The molecule has 0 unspecified atom stereocenters. The van der Waals surface area contributed by atoms with Crippen LogP contribution in [0.5, 0.6) is 0 Å². The number of fused-ring (bicyclic) bond motifs is 8. The summed E-state index contributed by atoms with van der Waals surface area (Å²) < 4.78 is 2.89. The van der Waals surface area contributed by atoms with Gasteiger partial charge in [0.1, 0.15) is 0 Å². The fourth-order valence-corrected chi connectivity index (χ4v) is 13.0. The van der Waals surface area contributed by atoms with Gasteiger partial charge >= 0.3 is 343 Å². The van der Waals surface area contributed by atoms with E-state index in [1.807, 2.05) is 0 Å². The molecular weight excluding hydrogens is 824 g/mol. The van der Waals surface area contributed by atoms with Crippen molar-refractivity contribution in [3.8, 4) is 55.6 Å². The quantitative estimate of drug-likeness (QED) is 0.119. The van der Waals surface area contributed by atoms with Crippen LogP contribution in [0, 0.1) is 0 Å². The van der Waals surface area contributed by atoms with E-state index >= 15 is 0 Å². The molecule has 0 saturated heterocycles. The van der Waals surface area contributed by atoms with E-state index in [9.17, 15) is 0 Å². The monoisotopic (exact) mass is 862 g/mol. The molecular formula is C62H38Se. The van der Waals surface area contributed by atoms with Crippen molar-refractivity contribution in [3.63, 3.8) is 0 Å². The fourth-order valence-electron chi connectivity index (χ4n) is 10.6. The Bertz CT molecular complexity index is 3840. The van der Waals surface area contributed by atoms with E-state index in [2.05, 4.69) is 231 Å². The molecule has 0 amide bonds. The largest absolute Gasteiger partial charge is 0.0617 e. The van der Waals surface area contributed by atoms with Crippen LogP contribution in [-0.4, -0.2) is 14.5 Å². The predicted octanol–water partition coefficient (Wildman–Crippen LogP) is 17.2. The normalized spacial score (nSPS) is 11.8. The standard InChI is InChI=1S/C62H38Se/c1-3-18-39(19-4-1)42-35-36-53(44-23-8-7-22-43(42)44)60-49-28-13-15-30-51(49)61(52-31-16-14-29-50(52)60)54-32-17-33-57-62(54)55-38-41(34-37-56(55)63-57)59-47-26-11-9-24-45(47)58(40-20-5-2-6-21-40)46-25-10-12-27-48(46)59/h1-38H. The average Bonchev–Trinajstić information content (AvgIpc) is 3.73. The Morgan fingerprint density at radius 2 is 0.619 bits per heavy atom. The molecule has 1 heteroatoms. The van der Waals surface area contributed by atoms with Gasteiger partial charge in [-0.1, -0.05) is 30.3 Å². The van der Waals surface area contributed by atoms with Crippen molar-refractivity contribution >= 4 is 87.7 Å². The second-order valence-corrected chi connectivity index (χ2v) is 18.9. The topological polar surface area (TPSA) is 0 Å². The Labute approximate surface area is 371 Å². The summed E-state index contributed by atoms with van der Waals surface area (Å²) in [6.07, 6.45) is 0. The van der Waals surface area contributed by atoms with Gasteiger partial charge in [0.05, 0.1) is 0 Å². The van der Waals surface area contributed by atoms with Crippen molar-refractivity contribution in [3.05, 3.63) is 231 Å². The van der Waals surface area contributed by atoms with Crippen molar-refractivity contribution < 1.29 is 0 Å². The van der Waals surface area contributed by atoms with Gasteiger partial charge in [-0.05, 0) is 0 Å². The van der Waals surface area contributed by atoms with Crippen molar-refractivity contribution in [2.75, 3.05) is 0 Å². The van der Waals surface area contributed by atoms with Crippen LogP contribution < -0.4 is 0 Å². The molecule has 0 radical (unpaired) electrons. The average molecular weight is 862 g/mol. The molecule has 0 atom stereocenters. The van der Waals surface area contributed by atoms with Gasteiger partial charge < -0.3 is 0 Å². The van der Waals surface area contributed by atoms with Gasteiger partial charge in [0.2, 0.25) is 0 Å². The molecule has 1 heterocycles. The maximum absolute atomic E-state index is 2.52. The van der Waals surface area contributed by atoms with E-state index in [1.165, 1.54) is 129 Å². The summed E-state index contributed by atoms with van der Waals surface area (Å²) in [7, 11) is 0. The molecule has 13 rings (SSSR count). The molecule has 0 nitrogen and oxygen atoms in total. The van der Waals surface area contributed by atoms with Gasteiger partial charge in [-0.3, -0.25) is 0 Å². The van der Waals surface area contributed by atoms with Crippen LogP contribution in [-0.2, 0) is 0 Å². The van der Waals surface area contributed by atoms with E-state index in [-0.39, 0.29) is 14.5 Å². The summed E-state index contributed by atoms with van der Waals surface area (Å²) >= 11 is 0.186. The van der Waals surface area contributed by atoms with Crippen molar-refractivity contribution in [1.29, 1.82) is 0 Å². The van der Waals surface area contributed by atoms with Gasteiger partial charge in [0, 0.05) is 0 Å². The Hall–Kier alpha value is -7.54. The molecule has 12 aromatic carbocycles. The van der Waals surface area contributed by atoms with E-state index < -0.39 is 0 Å². The Morgan fingerprint density at radius 3 is 1.16 bits per heavy atom. The maximum atomic E-state index is 2.52. The first-order chi connectivity index (χ1) is 31.3. The van der Waals surface area contributed by atoms with Gasteiger partial charge in [-0.15, -0.1) is 0 Å². The maximum Gasteiger partial charge on any atom is -0.0544 e. The van der Waals surface area contributed by atoms with Crippen LogP contribution in [0.4, 0.5) is 0 Å². The van der Waals surface area contributed by atoms with Crippen LogP contribution >= 0.6 is 0 Å². The van der Waals surface area contributed by atoms with E-state index in [1.54, 1.807) is 0 Å². The summed E-state index contributed by atoms with van der Waals surface area (Å²) in [6, 6.07) is 85.9. The predicted molar refractivity (Wildman–Crippen MR) is 273 cm³/mol. The van der Waals surface area contributed by atoms with Gasteiger partial charge in [-0.25, -0.2) is 0 Å². The zero-order valence-corrected chi connectivity index (χ0v) is 36.1. The molecule has 0 aliphatic rings. The minimum Gasteiger partial charge on any atom is -0.0617 e. The summed E-state index contributed by atoms with van der Waals surface area (Å²) in [5.74, 6) is 0. The second kappa shape index (κ2) is 14.5. The summed E-state index contributed by atoms with van der Waals surface area (Å²) in [6.45, 7) is 0. The van der Waals surface area contributed by atoms with Crippen LogP contribution in [0.2, 0.25) is 0 Å². The molecule has 0 saturated carbocycles. The molecule has 0 fully saturated rings. The summed E-state index contributed by atoms with van der Waals surface area (Å²) in [4.78, 5) is 0. The zero-order chi connectivity index (χ0) is 41.4. The minimum atomic E-state index is 0.186. The van der Waals surface area contributed by atoms with E-state index in [0.717, 1.165) is 0 Å². The molecule has 1 aromatic heterocycles. The minimum absolute atomic E-state index is 0.186. The van der Waals surface area contributed by atoms with Crippen LogP contribution in [0.15, 0.2) is 231 Å². The molecule has 0 N–H and O–H groups in total. The molecule has 0 aliphatic carbocycles. The van der Waals surface area contributed by atoms with Gasteiger partial charge in [0.15, 0.2) is 0 Å². The van der Waals surface area contributed by atoms with Crippen molar-refractivity contribution in [2.24, 2.45) is 0 Å². The SMILES string of the molecule is c1ccc(-c2ccc(-c3c4ccccc4c(-c4cccc5[se]c6ccc(-c7c8ccccc8c(-c8ccccc8)c8ccccc78)cc6c45)c4ccccc34)c3ccccc23)cc1. The first-order valence-electron chi connectivity index (χ1n) is 21.8. The Kier molecular flexibility index (Phi) is 8.34. The number of hydrogen-bond donors (Lipinski definition) is 0. The molecule has 0 spiro atoms. The number of rotatable bonds is 5. The zero-order valence-electron chi connectivity index (χ0n) is 34.3. The number of benzene rings is 12. The third kappa shape index (κ3) is 5.61. The summed E-state index contributed by atoms with van der Waals surface area (Å²) in [5.41, 5.74) is 12.8. The third-order valence-corrected chi connectivity index (χ3v) is 15.6. The van der Waals surface area contributed by atoms with E-state index in [4.69, 9.17) is 0 Å². The molecule has 63 heavy (non-hydrogen) atoms. The fraction of sp³-hybridized carbons (Fsp3) is 0. The van der Waals surface area contributed by atoms with Gasteiger partial charge in [-0.2, -0.15) is 0 Å². The molecule has 0 aliphatic heterocycles. The smallest absolute Gasteiger partial charge is 0.0544 e. The molecule has 292 valence electrons. The van der Waals surface area contributed by atoms with Crippen LogP contribution in [0.1, 0.15) is 0 Å².